The number of cyclic esters (lactones) is 1. The predicted octanol–water partition coefficient (Wildman–Crippen LogP) is 3.68. The highest BCUT2D eigenvalue weighted by molar-refractivity contribution is 5.75. The van der Waals surface area contributed by atoms with E-state index in [0.717, 1.165) is 25.7 Å². The summed E-state index contributed by atoms with van der Waals surface area (Å²) in [6.45, 7) is 12.5. The van der Waals surface area contributed by atoms with Crippen molar-refractivity contribution >= 4 is 5.97 Å². The summed E-state index contributed by atoms with van der Waals surface area (Å²) in [5, 5.41) is 11.5. The van der Waals surface area contributed by atoms with Gasteiger partial charge in [0, 0.05) is 0 Å². The molecule has 0 aromatic carbocycles. The number of aliphatic hydroxyl groups is 1. The molecule has 0 saturated carbocycles. The summed E-state index contributed by atoms with van der Waals surface area (Å²) in [7, 11) is 1.81. The molecule has 1 aliphatic rings. The molecule has 0 spiro atoms. The van der Waals surface area contributed by atoms with E-state index in [9.17, 15) is 4.79 Å². The Balaban J connectivity index is 0.000000534. The number of carbonyl (C=O) groups excluding carboxylic acids is 1. The van der Waals surface area contributed by atoms with Gasteiger partial charge in [-0.15, -0.1) is 6.58 Å². The number of hydrogen-bond donors (Lipinski definition) is 2. The van der Waals surface area contributed by atoms with Gasteiger partial charge >= 0.3 is 5.97 Å². The molecule has 1 saturated heterocycles. The van der Waals surface area contributed by atoms with Crippen LogP contribution < -0.4 is 5.32 Å². The van der Waals surface area contributed by atoms with E-state index in [1.54, 1.807) is 7.05 Å². The molecule has 1 heterocycles. The number of ether oxygens (including phenoxy) is 1. The average molecular weight is 307 g/mol. The van der Waals surface area contributed by atoms with E-state index in [2.05, 4.69) is 25.1 Å². The molecule has 0 aliphatic carbocycles. The van der Waals surface area contributed by atoms with E-state index >= 15 is 0 Å². The van der Waals surface area contributed by atoms with Crippen LogP contribution in [0.5, 0.6) is 0 Å². The summed E-state index contributed by atoms with van der Waals surface area (Å²) in [6.07, 6.45) is 10.2. The van der Waals surface area contributed by atoms with Crippen LogP contribution >= 0.6 is 0 Å². The Kier molecular flexibility index (Phi) is 10.8. The van der Waals surface area contributed by atoms with Crippen molar-refractivity contribution in [2.24, 2.45) is 5.92 Å². The van der Waals surface area contributed by atoms with Gasteiger partial charge in [-0.1, -0.05) is 31.7 Å². The van der Waals surface area contributed by atoms with Crippen LogP contribution in [0.2, 0.25) is 0 Å². The Bertz CT molecular complexity index is 401. The Morgan fingerprint density at radius 3 is 2.50 bits per heavy atom. The van der Waals surface area contributed by atoms with Crippen molar-refractivity contribution in [1.82, 2.24) is 5.32 Å². The molecule has 0 aromatic rings. The number of likely N-dealkylation sites (N-methyl/N-ethyl adjacent to an activating group) is 1. The third kappa shape index (κ3) is 8.47. The summed E-state index contributed by atoms with van der Waals surface area (Å²) in [6, 6.07) is -0.143. The van der Waals surface area contributed by atoms with Gasteiger partial charge in [0.2, 0.25) is 0 Å². The standard InChI is InChI=1S/C12H21NO2.C6H8O/c1-4-10-6-5-7-11(13-3)12(14)15-9(2)8-10;1-3-5-6(7)4-2/h4,9-11,13H,1,5-8H2,2-3H3;3-5,7H,1-2H2/b;6-5+/t9?,10?,11-;/m0./s1. The van der Waals surface area contributed by atoms with Crippen LogP contribution in [0.3, 0.4) is 0 Å². The Morgan fingerprint density at radius 1 is 1.36 bits per heavy atom. The van der Waals surface area contributed by atoms with Crippen LogP contribution in [-0.4, -0.2) is 30.3 Å². The zero-order valence-corrected chi connectivity index (χ0v) is 13.8. The van der Waals surface area contributed by atoms with Gasteiger partial charge in [0.25, 0.3) is 0 Å². The van der Waals surface area contributed by atoms with Crippen molar-refractivity contribution in [3.63, 3.8) is 0 Å². The van der Waals surface area contributed by atoms with E-state index in [-0.39, 0.29) is 23.9 Å². The van der Waals surface area contributed by atoms with Crippen LogP contribution in [-0.2, 0) is 9.53 Å². The quantitative estimate of drug-likeness (QED) is 0.360. The second-order valence-electron chi connectivity index (χ2n) is 5.28. The van der Waals surface area contributed by atoms with Crippen LogP contribution in [0.15, 0.2) is 49.8 Å². The molecule has 3 atom stereocenters. The molecule has 0 radical (unpaired) electrons. The molecule has 4 heteroatoms. The van der Waals surface area contributed by atoms with Gasteiger partial charge in [-0.3, -0.25) is 4.79 Å². The summed E-state index contributed by atoms with van der Waals surface area (Å²) >= 11 is 0. The first-order chi connectivity index (χ1) is 10.5. The summed E-state index contributed by atoms with van der Waals surface area (Å²) in [5.41, 5.74) is 0. The normalized spacial score (nSPS) is 26.2. The van der Waals surface area contributed by atoms with E-state index in [4.69, 9.17) is 9.84 Å². The van der Waals surface area contributed by atoms with Gasteiger partial charge < -0.3 is 15.2 Å². The smallest absolute Gasteiger partial charge is 0.323 e. The van der Waals surface area contributed by atoms with Gasteiger partial charge in [-0.25, -0.2) is 0 Å². The molecule has 4 nitrogen and oxygen atoms in total. The first-order valence-electron chi connectivity index (χ1n) is 7.62. The fraction of sp³-hybridized carbons (Fsp3) is 0.500. The Labute approximate surface area is 134 Å². The van der Waals surface area contributed by atoms with Crippen molar-refractivity contribution in [3.8, 4) is 0 Å². The fourth-order valence-corrected chi connectivity index (χ4v) is 2.24. The number of esters is 1. The van der Waals surface area contributed by atoms with E-state index < -0.39 is 0 Å². The molecule has 1 aliphatic heterocycles. The second-order valence-corrected chi connectivity index (χ2v) is 5.28. The number of nitrogens with one attached hydrogen (secondary N) is 1. The van der Waals surface area contributed by atoms with Crippen LogP contribution in [0, 0.1) is 5.92 Å². The van der Waals surface area contributed by atoms with Crippen molar-refractivity contribution in [3.05, 3.63) is 49.8 Å². The summed E-state index contributed by atoms with van der Waals surface area (Å²) in [4.78, 5) is 11.6. The molecular weight excluding hydrogens is 278 g/mol. The molecule has 1 rings (SSSR count). The number of aliphatic hydroxyl groups excluding tert-OH is 1. The first-order valence-corrected chi connectivity index (χ1v) is 7.62. The maximum absolute atomic E-state index is 11.6. The van der Waals surface area contributed by atoms with Gasteiger partial charge in [-0.05, 0) is 51.3 Å². The van der Waals surface area contributed by atoms with Gasteiger partial charge in [0.15, 0.2) is 0 Å². The molecular formula is C18H29NO3. The third-order valence-electron chi connectivity index (χ3n) is 3.48. The topological polar surface area (TPSA) is 58.6 Å². The molecule has 0 bridgehead atoms. The lowest BCUT2D eigenvalue weighted by Crippen LogP contribution is -2.36. The van der Waals surface area contributed by atoms with Gasteiger partial charge in [0.1, 0.15) is 11.8 Å². The fourth-order valence-electron chi connectivity index (χ4n) is 2.24. The number of allylic oxidation sites excluding steroid dienone is 4. The number of hydrogen-bond acceptors (Lipinski definition) is 4. The highest BCUT2D eigenvalue weighted by Gasteiger charge is 2.23. The van der Waals surface area contributed by atoms with Gasteiger partial charge in [0.05, 0.1) is 6.10 Å². The van der Waals surface area contributed by atoms with E-state index in [1.165, 1.54) is 18.2 Å². The lowest BCUT2D eigenvalue weighted by molar-refractivity contribution is -0.151. The molecule has 2 N–H and O–H groups in total. The van der Waals surface area contributed by atoms with Crippen molar-refractivity contribution in [1.29, 1.82) is 0 Å². The second kappa shape index (κ2) is 11.8. The highest BCUT2D eigenvalue weighted by Crippen LogP contribution is 2.21. The molecule has 1 fully saturated rings. The monoisotopic (exact) mass is 307 g/mol. The minimum atomic E-state index is -0.143. The summed E-state index contributed by atoms with van der Waals surface area (Å²) < 4.78 is 5.36. The molecule has 124 valence electrons. The molecule has 2 unspecified atom stereocenters. The molecule has 0 aromatic heterocycles. The third-order valence-corrected chi connectivity index (χ3v) is 3.48. The summed E-state index contributed by atoms with van der Waals surface area (Å²) in [5.74, 6) is 0.508. The zero-order chi connectivity index (χ0) is 17.0. The minimum Gasteiger partial charge on any atom is -0.508 e. The van der Waals surface area contributed by atoms with Crippen LogP contribution in [0.25, 0.3) is 0 Å². The molecule has 0 amide bonds. The number of carbonyl (C=O) groups is 1. The maximum atomic E-state index is 11.6. The predicted molar refractivity (Wildman–Crippen MR) is 91.7 cm³/mol. The lowest BCUT2D eigenvalue weighted by Gasteiger charge is -2.17. The molecule has 22 heavy (non-hydrogen) atoms. The number of rotatable bonds is 4. The van der Waals surface area contributed by atoms with Crippen molar-refractivity contribution < 1.29 is 14.6 Å². The zero-order valence-electron chi connectivity index (χ0n) is 13.8. The van der Waals surface area contributed by atoms with Crippen LogP contribution in [0.4, 0.5) is 0 Å². The Hall–Kier alpha value is -1.81. The van der Waals surface area contributed by atoms with E-state index in [1.807, 2.05) is 13.0 Å². The van der Waals surface area contributed by atoms with Crippen molar-refractivity contribution in [2.45, 2.75) is 44.8 Å². The SMILES string of the molecule is C=C/C=C(/O)C=C.C=CC1CCC[C@H](NC)C(=O)OC(C)C1. The lowest BCUT2D eigenvalue weighted by atomic mass is 9.95. The van der Waals surface area contributed by atoms with Crippen LogP contribution in [0.1, 0.15) is 32.6 Å². The first kappa shape index (κ1) is 20.2. The Morgan fingerprint density at radius 2 is 2.05 bits per heavy atom. The minimum absolute atomic E-state index is 0.00514. The average Bonchev–Trinajstić information content (AvgIpc) is 2.56. The highest BCUT2D eigenvalue weighted by atomic mass is 16.5. The van der Waals surface area contributed by atoms with E-state index in [0.29, 0.717) is 5.92 Å². The van der Waals surface area contributed by atoms with Gasteiger partial charge in [-0.2, -0.15) is 0 Å². The maximum Gasteiger partial charge on any atom is 0.323 e. The van der Waals surface area contributed by atoms with Crippen molar-refractivity contribution in [2.75, 3.05) is 7.05 Å². The largest absolute Gasteiger partial charge is 0.508 e.